The maximum absolute atomic E-state index is 6.58. The summed E-state index contributed by atoms with van der Waals surface area (Å²) in [5.41, 5.74) is 6.36. The Hall–Kier alpha value is -1.26. The van der Waals surface area contributed by atoms with Gasteiger partial charge in [-0.1, -0.05) is 118 Å². The lowest BCUT2D eigenvalue weighted by Gasteiger charge is -2.42. The van der Waals surface area contributed by atoms with Gasteiger partial charge in [0, 0.05) is 22.3 Å². The van der Waals surface area contributed by atoms with E-state index < -0.39 is 22.6 Å². The van der Waals surface area contributed by atoms with Gasteiger partial charge in [0.1, 0.15) is 11.5 Å². The molecule has 6 nitrogen and oxygen atoms in total. The molecular weight excluding hydrogens is 578 g/mol. The van der Waals surface area contributed by atoms with Crippen LogP contribution in [0.4, 0.5) is 0 Å². The second-order valence-corrected chi connectivity index (χ2v) is 18.9. The molecule has 2 aliphatic rings. The molecule has 2 heterocycles. The fraction of sp³-hybridized carbons (Fsp3) is 0.657. The fourth-order valence-electron chi connectivity index (χ4n) is 5.31. The summed E-state index contributed by atoms with van der Waals surface area (Å²) in [6.45, 7) is 32.6. The zero-order valence-electron chi connectivity index (χ0n) is 29.0. The average molecular weight is 633 g/mol. The third-order valence-electron chi connectivity index (χ3n) is 7.93. The molecule has 0 radical (unpaired) electrons. The van der Waals surface area contributed by atoms with Crippen LogP contribution in [0.1, 0.15) is 116 Å². The number of benzene rings is 2. The normalized spacial score (nSPS) is 23.9. The van der Waals surface area contributed by atoms with E-state index in [1.807, 2.05) is 0 Å². The molecule has 1 spiro atoms. The van der Waals surface area contributed by atoms with Crippen LogP contribution in [-0.2, 0) is 39.8 Å². The molecule has 43 heavy (non-hydrogen) atoms. The summed E-state index contributed by atoms with van der Waals surface area (Å²) < 4.78 is 38.2. The van der Waals surface area contributed by atoms with E-state index >= 15 is 0 Å². The number of rotatable bonds is 4. The first kappa shape index (κ1) is 34.6. The highest BCUT2D eigenvalue weighted by molar-refractivity contribution is 7.42. The van der Waals surface area contributed by atoms with Crippen LogP contribution in [0.3, 0.4) is 0 Å². The van der Waals surface area contributed by atoms with Gasteiger partial charge in [-0.25, -0.2) is 0 Å². The van der Waals surface area contributed by atoms with Crippen LogP contribution in [0.25, 0.3) is 0 Å². The van der Waals surface area contributed by atoms with E-state index in [2.05, 4.69) is 121 Å². The molecule has 2 aromatic carbocycles. The topological polar surface area (TPSA) is 55.4 Å². The Balaban J connectivity index is 1.46. The van der Waals surface area contributed by atoms with E-state index in [0.29, 0.717) is 26.4 Å². The van der Waals surface area contributed by atoms with Crippen molar-refractivity contribution in [2.75, 3.05) is 26.4 Å². The van der Waals surface area contributed by atoms with Gasteiger partial charge in [-0.2, -0.15) is 0 Å². The second kappa shape index (κ2) is 12.2. The molecule has 0 saturated carbocycles. The second-order valence-electron chi connectivity index (χ2n) is 16.6. The zero-order valence-corrected chi connectivity index (χ0v) is 30.8. The SMILES string of the molecule is Cc1cc(C(C)(C)C)c(OP2OCC3(CO2)COP(Oc2c(C(C)(C)C)cc(C)cc2C(C)(C)C)OC3)c(C(C)(C)C)c1. The smallest absolute Gasteiger partial charge is 0.397 e. The van der Waals surface area contributed by atoms with Gasteiger partial charge in [-0.3, -0.25) is 0 Å². The Morgan fingerprint density at radius 3 is 0.930 bits per heavy atom. The van der Waals surface area contributed by atoms with Gasteiger partial charge in [0.15, 0.2) is 0 Å². The zero-order chi connectivity index (χ0) is 32.2. The van der Waals surface area contributed by atoms with E-state index in [9.17, 15) is 0 Å². The summed E-state index contributed by atoms with van der Waals surface area (Å²) in [7, 11) is -3.12. The number of aryl methyl sites for hydroxylation is 2. The molecule has 0 amide bonds. The minimum absolute atomic E-state index is 0.0902. The van der Waals surface area contributed by atoms with Crippen molar-refractivity contribution in [1.29, 1.82) is 0 Å². The van der Waals surface area contributed by atoms with Gasteiger partial charge in [0.25, 0.3) is 0 Å². The molecule has 0 unspecified atom stereocenters. The maximum Gasteiger partial charge on any atom is 0.397 e. The highest BCUT2D eigenvalue weighted by atomic mass is 31.2. The van der Waals surface area contributed by atoms with Crippen molar-refractivity contribution in [1.82, 2.24) is 0 Å². The van der Waals surface area contributed by atoms with Crippen LogP contribution in [0.15, 0.2) is 24.3 Å². The van der Waals surface area contributed by atoms with Gasteiger partial charge >= 0.3 is 17.2 Å². The maximum atomic E-state index is 6.58. The molecule has 0 atom stereocenters. The third-order valence-corrected chi connectivity index (χ3v) is 9.96. The minimum Gasteiger partial charge on any atom is -0.426 e. The van der Waals surface area contributed by atoms with Crippen molar-refractivity contribution in [2.45, 2.75) is 119 Å². The van der Waals surface area contributed by atoms with Crippen molar-refractivity contribution < 1.29 is 27.1 Å². The van der Waals surface area contributed by atoms with Gasteiger partial charge in [0.05, 0.1) is 31.8 Å². The molecule has 2 fully saturated rings. The lowest BCUT2D eigenvalue weighted by Crippen LogP contribution is -2.45. The van der Waals surface area contributed by atoms with Crippen LogP contribution in [0.2, 0.25) is 0 Å². The van der Waals surface area contributed by atoms with E-state index in [1.54, 1.807) is 0 Å². The predicted octanol–water partition coefficient (Wildman–Crippen LogP) is 10.5. The van der Waals surface area contributed by atoms with E-state index in [-0.39, 0.29) is 21.7 Å². The fourth-order valence-corrected chi connectivity index (χ4v) is 7.88. The van der Waals surface area contributed by atoms with Crippen LogP contribution < -0.4 is 9.05 Å². The van der Waals surface area contributed by atoms with Crippen molar-refractivity contribution >= 4 is 17.2 Å². The Bertz CT molecular complexity index is 1120. The molecule has 8 heteroatoms. The molecular formula is C35H54O6P2. The van der Waals surface area contributed by atoms with Crippen molar-refractivity contribution in [3.63, 3.8) is 0 Å². The van der Waals surface area contributed by atoms with Crippen LogP contribution in [0.5, 0.6) is 11.5 Å². The summed E-state index contributed by atoms with van der Waals surface area (Å²) in [4.78, 5) is 0. The van der Waals surface area contributed by atoms with Gasteiger partial charge in [0.2, 0.25) is 0 Å². The van der Waals surface area contributed by atoms with Gasteiger partial charge in [-0.05, 0) is 35.5 Å². The summed E-state index contributed by atoms with van der Waals surface area (Å²) in [6, 6.07) is 8.89. The average Bonchev–Trinajstić information content (AvgIpc) is 2.86. The lowest BCUT2D eigenvalue weighted by molar-refractivity contribution is -0.0674. The Morgan fingerprint density at radius 2 is 0.721 bits per heavy atom. The Kier molecular flexibility index (Phi) is 9.79. The summed E-state index contributed by atoms with van der Waals surface area (Å²) >= 11 is 0. The highest BCUT2D eigenvalue weighted by Crippen LogP contribution is 2.56. The first-order chi connectivity index (χ1) is 19.6. The minimum atomic E-state index is -1.56. The molecule has 2 aliphatic heterocycles. The first-order valence-electron chi connectivity index (χ1n) is 15.4. The standard InChI is InChI=1S/C35H54O6P2/c1-23-15-25(31(3,4)5)29(26(16-23)32(6,7)8)40-42-36-19-35(20-37-42)21-38-43(39-22-35)41-30-27(33(9,10)11)17-24(2)18-28(30)34(12,13)14/h15-18H,19-22H2,1-14H3. The molecule has 0 N–H and O–H groups in total. The first-order valence-corrected chi connectivity index (χ1v) is 17.6. The van der Waals surface area contributed by atoms with Gasteiger partial charge < -0.3 is 27.1 Å². The lowest BCUT2D eigenvalue weighted by atomic mass is 9.78. The van der Waals surface area contributed by atoms with Crippen LogP contribution >= 0.6 is 17.2 Å². The van der Waals surface area contributed by atoms with Crippen LogP contribution in [-0.4, -0.2) is 26.4 Å². The molecule has 0 bridgehead atoms. The summed E-state index contributed by atoms with van der Waals surface area (Å²) in [5.74, 6) is 1.76. The molecule has 0 aliphatic carbocycles. The van der Waals surface area contributed by atoms with Crippen LogP contribution in [0, 0.1) is 19.3 Å². The number of hydrogen-bond donors (Lipinski definition) is 0. The van der Waals surface area contributed by atoms with Gasteiger partial charge in [-0.15, -0.1) is 0 Å². The highest BCUT2D eigenvalue weighted by Gasteiger charge is 2.46. The predicted molar refractivity (Wildman–Crippen MR) is 178 cm³/mol. The molecule has 240 valence electrons. The monoisotopic (exact) mass is 632 g/mol. The van der Waals surface area contributed by atoms with E-state index in [1.165, 1.54) is 33.4 Å². The Morgan fingerprint density at radius 1 is 0.488 bits per heavy atom. The van der Waals surface area contributed by atoms with Crippen molar-refractivity contribution in [3.05, 3.63) is 57.6 Å². The summed E-state index contributed by atoms with van der Waals surface area (Å²) in [6.07, 6.45) is 0. The molecule has 2 saturated heterocycles. The molecule has 0 aromatic heterocycles. The van der Waals surface area contributed by atoms with Crippen molar-refractivity contribution in [2.24, 2.45) is 5.41 Å². The van der Waals surface area contributed by atoms with E-state index in [4.69, 9.17) is 27.1 Å². The third kappa shape index (κ3) is 8.13. The van der Waals surface area contributed by atoms with E-state index in [0.717, 1.165) is 11.5 Å². The van der Waals surface area contributed by atoms with Crippen molar-refractivity contribution in [3.8, 4) is 11.5 Å². The largest absolute Gasteiger partial charge is 0.426 e. The number of hydrogen-bond acceptors (Lipinski definition) is 6. The molecule has 2 aromatic rings. The quantitative estimate of drug-likeness (QED) is 0.313. The Labute approximate surface area is 263 Å². The molecule has 4 rings (SSSR count). The summed E-state index contributed by atoms with van der Waals surface area (Å²) in [5, 5.41) is 0.